The third kappa shape index (κ3) is 2.53. The summed E-state index contributed by atoms with van der Waals surface area (Å²) in [6.45, 7) is 3.09. The Morgan fingerprint density at radius 3 is 2.88 bits per heavy atom. The number of rotatable bonds is 1. The third-order valence-electron chi connectivity index (χ3n) is 2.17. The Morgan fingerprint density at radius 2 is 2.29 bits per heavy atom. The number of carbonyl (C=O) groups excluding carboxylic acids is 1. The van der Waals surface area contributed by atoms with Crippen LogP contribution in [-0.4, -0.2) is 15.3 Å². The van der Waals surface area contributed by atoms with Crippen LogP contribution in [0, 0.1) is 11.3 Å². The van der Waals surface area contributed by atoms with Crippen molar-refractivity contribution >= 4 is 17.3 Å². The second-order valence-electron chi connectivity index (χ2n) is 3.18. The van der Waals surface area contributed by atoms with Gasteiger partial charge in [0.1, 0.15) is 6.07 Å². The Kier molecular flexibility index (Phi) is 4.73. The maximum atomic E-state index is 11.3. The Labute approximate surface area is 140 Å². The predicted molar refractivity (Wildman–Crippen MR) is 54.4 cm³/mol. The second-order valence-corrected chi connectivity index (χ2v) is 3.18. The van der Waals surface area contributed by atoms with Crippen molar-refractivity contribution in [2.75, 3.05) is 0 Å². The standard InChI is InChI=1S/C9H7N6O.K/c1-5-8(6(2)16)12-14-13-9-7(3-10)11-4-15(5)9;/h4H,1-2H3;/q-1;+1. The summed E-state index contributed by atoms with van der Waals surface area (Å²) >= 11 is 0. The monoisotopic (exact) mass is 254 g/mol. The van der Waals surface area contributed by atoms with Crippen molar-refractivity contribution in [3.8, 4) is 6.07 Å². The molecule has 2 heterocycles. The van der Waals surface area contributed by atoms with E-state index in [1.54, 1.807) is 6.92 Å². The minimum Gasteiger partial charge on any atom is -0.360 e. The molecule has 0 aliphatic carbocycles. The number of Topliss-reactive ketones (excluding diaryl/α,β-unsaturated/α-hetero) is 1. The third-order valence-corrected chi connectivity index (χ3v) is 2.17. The molecule has 0 bridgehead atoms. The molecule has 7 nitrogen and oxygen atoms in total. The van der Waals surface area contributed by atoms with E-state index in [1.165, 1.54) is 17.8 Å². The van der Waals surface area contributed by atoms with Gasteiger partial charge in [-0.25, -0.2) is 4.98 Å². The number of fused-ring (bicyclic) bond motifs is 1. The summed E-state index contributed by atoms with van der Waals surface area (Å²) in [5, 5.41) is 16.0. The number of nitriles is 1. The first-order valence-electron chi connectivity index (χ1n) is 4.46. The van der Waals surface area contributed by atoms with E-state index in [1.807, 2.05) is 6.07 Å². The van der Waals surface area contributed by atoms with Crippen LogP contribution >= 0.6 is 0 Å². The van der Waals surface area contributed by atoms with Gasteiger partial charge in [-0.1, -0.05) is 0 Å². The SMILES string of the molecule is CC(=O)C1=C(C)n2cnc(C#N)c2[N-]N=N1.[K+]. The molecule has 17 heavy (non-hydrogen) atoms. The van der Waals surface area contributed by atoms with E-state index in [9.17, 15) is 4.79 Å². The van der Waals surface area contributed by atoms with Gasteiger partial charge in [-0.05, 0) is 19.5 Å². The van der Waals surface area contributed by atoms with Gasteiger partial charge in [0.15, 0.2) is 11.5 Å². The van der Waals surface area contributed by atoms with Crippen molar-refractivity contribution in [3.63, 3.8) is 0 Å². The average Bonchev–Trinajstić information content (AvgIpc) is 2.58. The van der Waals surface area contributed by atoms with Crippen molar-refractivity contribution in [1.29, 1.82) is 5.26 Å². The van der Waals surface area contributed by atoms with E-state index < -0.39 is 0 Å². The van der Waals surface area contributed by atoms with Crippen LogP contribution in [0.5, 0.6) is 0 Å². The quantitative estimate of drug-likeness (QED) is 0.596. The first-order chi connectivity index (χ1) is 7.65. The summed E-state index contributed by atoms with van der Waals surface area (Å²) in [4.78, 5) is 15.2. The van der Waals surface area contributed by atoms with E-state index in [0.717, 1.165) is 0 Å². The van der Waals surface area contributed by atoms with Crippen LogP contribution in [0.15, 0.2) is 22.4 Å². The molecule has 0 saturated heterocycles. The van der Waals surface area contributed by atoms with Gasteiger partial charge in [0.2, 0.25) is 0 Å². The van der Waals surface area contributed by atoms with E-state index >= 15 is 0 Å². The molecule has 0 N–H and O–H groups in total. The summed E-state index contributed by atoms with van der Waals surface area (Å²) in [6, 6.07) is 1.89. The number of hydrogen-bond donors (Lipinski definition) is 0. The predicted octanol–water partition coefficient (Wildman–Crippen LogP) is -1.08. The Bertz CT molecular complexity index is 565. The van der Waals surface area contributed by atoms with Crippen LogP contribution in [0.3, 0.4) is 0 Å². The molecule has 8 heteroatoms. The molecule has 0 unspecified atom stereocenters. The topological polar surface area (TPSA) is 97.5 Å². The van der Waals surface area contributed by atoms with Crippen LogP contribution in [0.2, 0.25) is 0 Å². The van der Waals surface area contributed by atoms with Crippen molar-refractivity contribution in [3.05, 3.63) is 23.1 Å². The number of nitrogens with zero attached hydrogens (tertiary/aromatic N) is 6. The molecular weight excluding hydrogens is 247 g/mol. The molecule has 0 spiro atoms. The van der Waals surface area contributed by atoms with Crippen LogP contribution in [-0.2, 0) is 4.79 Å². The molecule has 0 atom stereocenters. The average molecular weight is 254 g/mol. The summed E-state index contributed by atoms with van der Waals surface area (Å²) in [7, 11) is 0. The van der Waals surface area contributed by atoms with Gasteiger partial charge >= 0.3 is 51.4 Å². The molecule has 0 saturated carbocycles. The van der Waals surface area contributed by atoms with Gasteiger partial charge in [-0.2, -0.15) is 10.5 Å². The van der Waals surface area contributed by atoms with Crippen molar-refractivity contribution in [2.45, 2.75) is 13.8 Å². The zero-order chi connectivity index (χ0) is 11.7. The number of allylic oxidation sites excluding steroid dienone is 2. The zero-order valence-electron chi connectivity index (χ0n) is 9.67. The summed E-state index contributed by atoms with van der Waals surface area (Å²) in [5.41, 5.74) is 4.67. The van der Waals surface area contributed by atoms with Crippen LogP contribution in [0.1, 0.15) is 19.5 Å². The van der Waals surface area contributed by atoms with Gasteiger partial charge in [0, 0.05) is 6.33 Å². The minimum atomic E-state index is -0.212. The molecule has 0 radical (unpaired) electrons. The second kappa shape index (κ2) is 5.66. The Balaban J connectivity index is 0.00000144. The van der Waals surface area contributed by atoms with Gasteiger partial charge in [-0.3, -0.25) is 15.3 Å². The van der Waals surface area contributed by atoms with E-state index in [2.05, 4.69) is 20.7 Å². The number of aromatic nitrogens is 2. The van der Waals surface area contributed by atoms with E-state index in [-0.39, 0.29) is 68.6 Å². The van der Waals surface area contributed by atoms with Crippen LogP contribution < -0.4 is 51.4 Å². The normalized spacial score (nSPS) is 13.0. The largest absolute Gasteiger partial charge is 1.00 e. The molecule has 0 aromatic carbocycles. The van der Waals surface area contributed by atoms with Crippen molar-refractivity contribution < 1.29 is 56.2 Å². The number of hydrogen-bond acceptors (Lipinski definition) is 5. The van der Waals surface area contributed by atoms with Crippen molar-refractivity contribution in [2.24, 2.45) is 10.3 Å². The molecule has 0 fully saturated rings. The van der Waals surface area contributed by atoms with Gasteiger partial charge in [0.05, 0.1) is 11.5 Å². The fourth-order valence-electron chi connectivity index (χ4n) is 1.38. The summed E-state index contributed by atoms with van der Waals surface area (Å²) < 4.78 is 1.52. The number of carbonyl (C=O) groups is 1. The van der Waals surface area contributed by atoms with E-state index in [4.69, 9.17) is 5.26 Å². The zero-order valence-corrected chi connectivity index (χ0v) is 12.8. The smallest absolute Gasteiger partial charge is 0.360 e. The number of imidazole rings is 1. The van der Waals surface area contributed by atoms with Crippen LogP contribution in [0.4, 0.5) is 5.82 Å². The molecule has 2 rings (SSSR count). The van der Waals surface area contributed by atoms with Gasteiger partial charge in [0.25, 0.3) is 0 Å². The Morgan fingerprint density at radius 1 is 1.59 bits per heavy atom. The molecule has 1 aromatic heterocycles. The maximum Gasteiger partial charge on any atom is 1.00 e. The molecule has 1 aliphatic rings. The fourth-order valence-corrected chi connectivity index (χ4v) is 1.38. The Hall–Kier alpha value is -0.854. The fraction of sp³-hybridized carbons (Fsp3) is 0.222. The molecular formula is C9H7KN6O. The molecule has 0 amide bonds. The summed E-state index contributed by atoms with van der Waals surface area (Å²) in [6.07, 6.45) is 1.42. The van der Waals surface area contributed by atoms with Crippen molar-refractivity contribution in [1.82, 2.24) is 9.55 Å². The summed E-state index contributed by atoms with van der Waals surface area (Å²) in [5.74, 6) is 0.0801. The molecule has 1 aliphatic heterocycles. The minimum absolute atomic E-state index is 0. The molecule has 80 valence electrons. The van der Waals surface area contributed by atoms with Gasteiger partial charge in [-0.15, -0.1) is 0 Å². The molecule has 1 aromatic rings. The first kappa shape index (κ1) is 14.2. The first-order valence-corrected chi connectivity index (χ1v) is 4.46. The van der Waals surface area contributed by atoms with Gasteiger partial charge < -0.3 is 4.57 Å². The maximum absolute atomic E-state index is 11.3. The number of ketones is 1. The van der Waals surface area contributed by atoms with Crippen LogP contribution in [0.25, 0.3) is 11.1 Å². The van der Waals surface area contributed by atoms with E-state index in [0.29, 0.717) is 11.5 Å².